The minimum atomic E-state index is -1.24. The summed E-state index contributed by atoms with van der Waals surface area (Å²) in [7, 11) is 0. The Kier molecular flexibility index (Phi) is 6.86. The molecule has 116 valence electrons. The van der Waals surface area contributed by atoms with Gasteiger partial charge in [-0.25, -0.2) is 22.9 Å². The Labute approximate surface area is 151 Å². The fourth-order valence-electron chi connectivity index (χ4n) is 1.65. The van der Waals surface area contributed by atoms with Gasteiger partial charge < -0.3 is 15.2 Å². The summed E-state index contributed by atoms with van der Waals surface area (Å²) < 4.78 is 44.5. The van der Waals surface area contributed by atoms with E-state index in [0.717, 1.165) is 12.1 Å². The van der Waals surface area contributed by atoms with Crippen LogP contribution >= 0.6 is 0 Å². The van der Waals surface area contributed by atoms with Gasteiger partial charge in [-0.05, 0) is 25.1 Å². The van der Waals surface area contributed by atoms with Crippen LogP contribution in [0.3, 0.4) is 0 Å². The molecule has 2 aromatic rings. The van der Waals surface area contributed by atoms with Crippen LogP contribution in [0.4, 0.5) is 24.7 Å². The number of aromatic nitrogens is 1. The van der Waals surface area contributed by atoms with E-state index in [-0.39, 0.29) is 53.2 Å². The number of carbonyl (C=O) groups is 1. The first-order chi connectivity index (χ1) is 10.4. The van der Waals surface area contributed by atoms with Gasteiger partial charge in [-0.3, -0.25) is 0 Å². The number of nitrogens with one attached hydrogen (secondary N) is 1. The van der Waals surface area contributed by atoms with E-state index < -0.39 is 29.3 Å². The molecular formula is C14H10F3N2NaO3. The summed E-state index contributed by atoms with van der Waals surface area (Å²) in [4.78, 5) is 15.1. The fourth-order valence-corrected chi connectivity index (χ4v) is 1.65. The van der Waals surface area contributed by atoms with Crippen molar-refractivity contribution in [1.29, 1.82) is 0 Å². The van der Waals surface area contributed by atoms with Crippen LogP contribution in [0.15, 0.2) is 24.3 Å². The maximum absolute atomic E-state index is 13.6. The van der Waals surface area contributed by atoms with Crippen molar-refractivity contribution in [2.75, 3.05) is 11.9 Å². The predicted molar refractivity (Wildman–Crippen MR) is 69.2 cm³/mol. The quantitative estimate of drug-likeness (QED) is 0.603. The van der Waals surface area contributed by atoms with E-state index in [1.165, 1.54) is 6.92 Å². The van der Waals surface area contributed by atoms with Crippen LogP contribution in [-0.2, 0) is 4.74 Å². The summed E-state index contributed by atoms with van der Waals surface area (Å²) in [6, 6.07) is 3.28. The molecular weight excluding hydrogens is 324 g/mol. The van der Waals surface area contributed by atoms with Crippen molar-refractivity contribution in [1.82, 2.24) is 4.98 Å². The molecule has 2 rings (SSSR count). The van der Waals surface area contributed by atoms with E-state index in [4.69, 9.17) is 4.74 Å². The van der Waals surface area contributed by atoms with Crippen molar-refractivity contribution >= 4 is 17.5 Å². The summed E-state index contributed by atoms with van der Waals surface area (Å²) in [5.41, 5.74) is -0.604. The maximum atomic E-state index is 13.6. The fraction of sp³-hybridized carbons (Fsp3) is 0.143. The molecule has 23 heavy (non-hydrogen) atoms. The molecule has 1 aromatic heterocycles. The number of pyridine rings is 1. The summed E-state index contributed by atoms with van der Waals surface area (Å²) >= 11 is 0. The molecule has 1 N–H and O–H groups in total. The summed E-state index contributed by atoms with van der Waals surface area (Å²) in [6.07, 6.45) is 0. The second-order valence-electron chi connectivity index (χ2n) is 4.14. The molecule has 0 aliphatic rings. The summed E-state index contributed by atoms with van der Waals surface area (Å²) in [5, 5.41) is 13.6. The van der Waals surface area contributed by atoms with Gasteiger partial charge in [-0.1, -0.05) is 0 Å². The van der Waals surface area contributed by atoms with E-state index in [1.807, 2.05) is 0 Å². The SMILES string of the molecule is CCOC(=O)c1cc(F)c([O-])nc1Nc1ccc(F)cc1F.[Na+]. The molecule has 0 bridgehead atoms. The van der Waals surface area contributed by atoms with Crippen molar-refractivity contribution in [2.24, 2.45) is 0 Å². The Balaban J connectivity index is 0.00000264. The van der Waals surface area contributed by atoms with Crippen molar-refractivity contribution in [3.63, 3.8) is 0 Å². The van der Waals surface area contributed by atoms with Crippen molar-refractivity contribution in [3.05, 3.63) is 47.3 Å². The number of ether oxygens (including phenoxy) is 1. The monoisotopic (exact) mass is 334 g/mol. The van der Waals surface area contributed by atoms with Crippen molar-refractivity contribution in [3.8, 4) is 5.88 Å². The first kappa shape index (κ1) is 19.3. The maximum Gasteiger partial charge on any atom is 1.00 e. The van der Waals surface area contributed by atoms with Gasteiger partial charge in [0.05, 0.1) is 12.3 Å². The van der Waals surface area contributed by atoms with Crippen molar-refractivity contribution < 1.29 is 57.4 Å². The molecule has 0 atom stereocenters. The van der Waals surface area contributed by atoms with E-state index >= 15 is 0 Å². The Morgan fingerprint density at radius 2 is 1.96 bits per heavy atom. The van der Waals surface area contributed by atoms with E-state index in [2.05, 4.69) is 10.3 Å². The van der Waals surface area contributed by atoms with Gasteiger partial charge in [-0.2, -0.15) is 0 Å². The smallest absolute Gasteiger partial charge is 0.857 e. The zero-order valence-electron chi connectivity index (χ0n) is 12.3. The number of hydrogen-bond acceptors (Lipinski definition) is 5. The second-order valence-corrected chi connectivity index (χ2v) is 4.14. The van der Waals surface area contributed by atoms with Crippen LogP contribution in [0, 0.1) is 17.5 Å². The van der Waals surface area contributed by atoms with E-state index in [1.54, 1.807) is 0 Å². The van der Waals surface area contributed by atoms with E-state index in [9.17, 15) is 23.1 Å². The number of carbonyl (C=O) groups excluding carboxylic acids is 1. The number of benzene rings is 1. The molecule has 0 amide bonds. The average molecular weight is 334 g/mol. The Morgan fingerprint density at radius 3 is 2.57 bits per heavy atom. The molecule has 5 nitrogen and oxygen atoms in total. The zero-order valence-corrected chi connectivity index (χ0v) is 14.3. The Bertz CT molecular complexity index is 729. The minimum absolute atomic E-state index is 0. The second kappa shape index (κ2) is 8.19. The molecule has 0 unspecified atom stereocenters. The molecule has 0 saturated heterocycles. The number of rotatable bonds is 4. The predicted octanol–water partition coefficient (Wildman–Crippen LogP) is -0.503. The largest absolute Gasteiger partial charge is 1.00 e. The number of halogens is 3. The first-order valence-electron chi connectivity index (χ1n) is 6.19. The summed E-state index contributed by atoms with van der Waals surface area (Å²) in [6.45, 7) is 1.56. The Morgan fingerprint density at radius 1 is 1.26 bits per heavy atom. The molecule has 0 spiro atoms. The normalized spacial score (nSPS) is 9.91. The number of hydrogen-bond donors (Lipinski definition) is 1. The molecule has 0 aliphatic heterocycles. The third kappa shape index (κ3) is 4.60. The van der Waals surface area contributed by atoms with Gasteiger partial charge in [0, 0.05) is 11.9 Å². The third-order valence-electron chi connectivity index (χ3n) is 2.62. The summed E-state index contributed by atoms with van der Waals surface area (Å²) in [5.74, 6) is -5.54. The van der Waals surface area contributed by atoms with Gasteiger partial charge in [0.25, 0.3) is 0 Å². The van der Waals surface area contributed by atoms with Crippen LogP contribution in [0.1, 0.15) is 17.3 Å². The molecule has 1 aromatic carbocycles. The van der Waals surface area contributed by atoms with Gasteiger partial charge >= 0.3 is 35.5 Å². The average Bonchev–Trinajstić information content (AvgIpc) is 2.45. The molecule has 0 fully saturated rings. The van der Waals surface area contributed by atoms with Gasteiger partial charge in [-0.15, -0.1) is 0 Å². The van der Waals surface area contributed by atoms with Crippen LogP contribution in [0.5, 0.6) is 5.88 Å². The third-order valence-corrected chi connectivity index (χ3v) is 2.62. The standard InChI is InChI=1S/C14H11F3N2O3.Na/c1-2-22-14(21)8-6-10(17)13(20)19-12(8)18-11-4-3-7(15)5-9(11)16;/h3-6H,2H2,1H3,(H2,18,19,20);/q;+1/p-1. The van der Waals surface area contributed by atoms with Crippen LogP contribution in [-0.4, -0.2) is 17.6 Å². The molecule has 0 saturated carbocycles. The molecule has 9 heteroatoms. The van der Waals surface area contributed by atoms with E-state index in [0.29, 0.717) is 12.1 Å². The first-order valence-corrected chi connectivity index (χ1v) is 6.19. The molecule has 1 heterocycles. The zero-order chi connectivity index (χ0) is 16.3. The van der Waals surface area contributed by atoms with Crippen LogP contribution in [0.25, 0.3) is 0 Å². The van der Waals surface area contributed by atoms with Crippen molar-refractivity contribution in [2.45, 2.75) is 6.92 Å². The van der Waals surface area contributed by atoms with Gasteiger partial charge in [0.1, 0.15) is 28.8 Å². The topological polar surface area (TPSA) is 74.3 Å². The molecule has 0 radical (unpaired) electrons. The van der Waals surface area contributed by atoms with Gasteiger partial charge in [0.15, 0.2) is 0 Å². The minimum Gasteiger partial charge on any atom is -0.857 e. The van der Waals surface area contributed by atoms with Gasteiger partial charge in [0.2, 0.25) is 0 Å². The molecule has 0 aliphatic carbocycles. The van der Waals surface area contributed by atoms with Crippen LogP contribution in [0.2, 0.25) is 0 Å². The number of anilines is 2. The van der Waals surface area contributed by atoms with Crippen LogP contribution < -0.4 is 40.0 Å². The number of nitrogens with zero attached hydrogens (tertiary/aromatic N) is 1. The number of esters is 1. The Hall–Kier alpha value is -1.77.